The molecule has 2 rings (SSSR count). The Labute approximate surface area is 141 Å². The van der Waals surface area contributed by atoms with Crippen LogP contribution in [0.15, 0.2) is 42.5 Å². The fraction of sp³-hybridized carbons (Fsp3) is 0.263. The van der Waals surface area contributed by atoms with Crippen molar-refractivity contribution in [2.24, 2.45) is 0 Å². The normalized spacial score (nSPS) is 11.5. The molecule has 1 N–H and O–H groups in total. The van der Waals surface area contributed by atoms with Gasteiger partial charge in [0.15, 0.2) is 6.10 Å². The number of carbonyl (C=O) groups is 2. The monoisotopic (exact) mass is 327 g/mol. The third-order valence-electron chi connectivity index (χ3n) is 3.59. The number of hydrogen-bond donors (Lipinski definition) is 1. The largest absolute Gasteiger partial charge is 0.481 e. The molecule has 126 valence electrons. The summed E-state index contributed by atoms with van der Waals surface area (Å²) in [6, 6.07) is 12.5. The van der Waals surface area contributed by atoms with Gasteiger partial charge in [0.25, 0.3) is 5.91 Å². The third kappa shape index (κ3) is 4.35. The van der Waals surface area contributed by atoms with Crippen molar-refractivity contribution in [1.82, 2.24) is 0 Å². The lowest BCUT2D eigenvalue weighted by molar-refractivity contribution is -0.122. The van der Waals surface area contributed by atoms with Crippen LogP contribution in [0.4, 0.5) is 5.69 Å². The topological polar surface area (TPSA) is 64.6 Å². The summed E-state index contributed by atoms with van der Waals surface area (Å²) in [5.41, 5.74) is 2.84. The van der Waals surface area contributed by atoms with E-state index in [1.54, 1.807) is 31.2 Å². The molecular weight excluding hydrogens is 306 g/mol. The second-order valence-electron chi connectivity index (χ2n) is 5.59. The molecule has 0 fully saturated rings. The first kappa shape index (κ1) is 17.5. The van der Waals surface area contributed by atoms with Crippen LogP contribution in [-0.4, -0.2) is 25.1 Å². The maximum Gasteiger partial charge on any atom is 0.337 e. The van der Waals surface area contributed by atoms with Crippen LogP contribution in [-0.2, 0) is 9.53 Å². The molecule has 0 radical (unpaired) electrons. The Kier molecular flexibility index (Phi) is 5.58. The standard InChI is InChI=1S/C19H21NO4/c1-12-6-5-7-16(10-12)24-14(3)18(21)20-17-11-15(19(22)23-4)9-8-13(17)2/h5-11,14H,1-4H3,(H,20,21)/t14-/m1/s1. The predicted molar refractivity (Wildman–Crippen MR) is 92.4 cm³/mol. The number of aryl methyl sites for hydroxylation is 2. The van der Waals surface area contributed by atoms with Crippen molar-refractivity contribution in [3.63, 3.8) is 0 Å². The highest BCUT2D eigenvalue weighted by molar-refractivity contribution is 5.97. The average molecular weight is 327 g/mol. The van der Waals surface area contributed by atoms with Crippen LogP contribution < -0.4 is 10.1 Å². The summed E-state index contributed by atoms with van der Waals surface area (Å²) in [6.45, 7) is 5.49. The molecule has 1 atom stereocenters. The zero-order valence-corrected chi connectivity index (χ0v) is 14.3. The van der Waals surface area contributed by atoms with Crippen LogP contribution >= 0.6 is 0 Å². The lowest BCUT2D eigenvalue weighted by atomic mass is 10.1. The van der Waals surface area contributed by atoms with E-state index in [2.05, 4.69) is 5.32 Å². The zero-order valence-electron chi connectivity index (χ0n) is 14.3. The van der Waals surface area contributed by atoms with Gasteiger partial charge in [0.2, 0.25) is 0 Å². The van der Waals surface area contributed by atoms with Gasteiger partial charge in [-0.05, 0) is 56.2 Å². The van der Waals surface area contributed by atoms with Gasteiger partial charge in [0.05, 0.1) is 12.7 Å². The summed E-state index contributed by atoms with van der Waals surface area (Å²) in [7, 11) is 1.32. The minimum absolute atomic E-state index is 0.290. The van der Waals surface area contributed by atoms with Gasteiger partial charge in [-0.3, -0.25) is 4.79 Å². The van der Waals surface area contributed by atoms with E-state index in [-0.39, 0.29) is 5.91 Å². The first-order valence-corrected chi connectivity index (χ1v) is 7.64. The minimum Gasteiger partial charge on any atom is -0.481 e. The molecule has 2 aromatic rings. The second kappa shape index (κ2) is 7.64. The Balaban J connectivity index is 2.09. The molecule has 24 heavy (non-hydrogen) atoms. The molecule has 0 spiro atoms. The lowest BCUT2D eigenvalue weighted by Gasteiger charge is -2.16. The molecule has 5 heteroatoms. The highest BCUT2D eigenvalue weighted by atomic mass is 16.5. The molecule has 0 heterocycles. The van der Waals surface area contributed by atoms with E-state index in [4.69, 9.17) is 9.47 Å². The maximum absolute atomic E-state index is 12.4. The molecule has 0 unspecified atom stereocenters. The second-order valence-corrected chi connectivity index (χ2v) is 5.59. The number of methoxy groups -OCH3 is 1. The summed E-state index contributed by atoms with van der Waals surface area (Å²) in [5, 5.41) is 2.79. The van der Waals surface area contributed by atoms with Crippen molar-refractivity contribution in [3.05, 3.63) is 59.2 Å². The average Bonchev–Trinajstić information content (AvgIpc) is 2.56. The Morgan fingerprint density at radius 3 is 2.50 bits per heavy atom. The third-order valence-corrected chi connectivity index (χ3v) is 3.59. The SMILES string of the molecule is COC(=O)c1ccc(C)c(NC(=O)[C@@H](C)Oc2cccc(C)c2)c1. The molecule has 0 aliphatic heterocycles. The lowest BCUT2D eigenvalue weighted by Crippen LogP contribution is -2.30. The Bertz CT molecular complexity index is 755. The molecule has 0 saturated carbocycles. The number of carbonyl (C=O) groups excluding carboxylic acids is 2. The van der Waals surface area contributed by atoms with Crippen LogP contribution in [0.5, 0.6) is 5.75 Å². The van der Waals surface area contributed by atoms with Gasteiger partial charge in [-0.2, -0.15) is 0 Å². The Morgan fingerprint density at radius 1 is 1.08 bits per heavy atom. The summed E-state index contributed by atoms with van der Waals surface area (Å²) >= 11 is 0. The predicted octanol–water partition coefficient (Wildman–Crippen LogP) is 3.50. The van der Waals surface area contributed by atoms with Gasteiger partial charge in [-0.1, -0.05) is 18.2 Å². The minimum atomic E-state index is -0.673. The highest BCUT2D eigenvalue weighted by Gasteiger charge is 2.17. The van der Waals surface area contributed by atoms with Crippen molar-refractivity contribution in [2.45, 2.75) is 26.9 Å². The number of esters is 1. The van der Waals surface area contributed by atoms with E-state index < -0.39 is 12.1 Å². The molecule has 0 aromatic heterocycles. The van der Waals surface area contributed by atoms with E-state index in [9.17, 15) is 9.59 Å². The van der Waals surface area contributed by atoms with Gasteiger partial charge < -0.3 is 14.8 Å². The number of benzene rings is 2. The summed E-state index contributed by atoms with van der Waals surface area (Å²) < 4.78 is 10.4. The molecule has 5 nitrogen and oxygen atoms in total. The Hall–Kier alpha value is -2.82. The molecule has 0 aliphatic rings. The fourth-order valence-electron chi connectivity index (χ4n) is 2.18. The number of rotatable bonds is 5. The van der Waals surface area contributed by atoms with E-state index in [1.807, 2.05) is 32.0 Å². The summed E-state index contributed by atoms with van der Waals surface area (Å²) in [5.74, 6) is -0.103. The zero-order chi connectivity index (χ0) is 17.7. The van der Waals surface area contributed by atoms with Crippen molar-refractivity contribution in [2.75, 3.05) is 12.4 Å². The van der Waals surface area contributed by atoms with Crippen molar-refractivity contribution in [3.8, 4) is 5.75 Å². The van der Waals surface area contributed by atoms with E-state index in [0.29, 0.717) is 17.0 Å². The maximum atomic E-state index is 12.4. The van der Waals surface area contributed by atoms with Crippen molar-refractivity contribution in [1.29, 1.82) is 0 Å². The molecule has 0 bridgehead atoms. The van der Waals surface area contributed by atoms with Gasteiger partial charge in [0.1, 0.15) is 5.75 Å². The number of nitrogens with one attached hydrogen (secondary N) is 1. The van der Waals surface area contributed by atoms with Crippen molar-refractivity contribution >= 4 is 17.6 Å². The summed E-state index contributed by atoms with van der Waals surface area (Å²) in [6.07, 6.45) is -0.673. The highest BCUT2D eigenvalue weighted by Crippen LogP contribution is 2.19. The van der Waals surface area contributed by atoms with Crippen LogP contribution in [0.3, 0.4) is 0 Å². The van der Waals surface area contributed by atoms with E-state index >= 15 is 0 Å². The number of amides is 1. The van der Waals surface area contributed by atoms with Gasteiger partial charge >= 0.3 is 5.97 Å². The van der Waals surface area contributed by atoms with Crippen LogP contribution in [0.1, 0.15) is 28.4 Å². The molecule has 1 amide bonds. The molecular formula is C19H21NO4. The van der Waals surface area contributed by atoms with E-state index in [1.165, 1.54) is 7.11 Å². The molecule has 2 aromatic carbocycles. The van der Waals surface area contributed by atoms with E-state index in [0.717, 1.165) is 11.1 Å². The van der Waals surface area contributed by atoms with Crippen LogP contribution in [0.25, 0.3) is 0 Å². The number of ether oxygens (including phenoxy) is 2. The van der Waals surface area contributed by atoms with Gasteiger partial charge in [0, 0.05) is 5.69 Å². The smallest absolute Gasteiger partial charge is 0.337 e. The summed E-state index contributed by atoms with van der Waals surface area (Å²) in [4.78, 5) is 24.0. The number of hydrogen-bond acceptors (Lipinski definition) is 4. The van der Waals surface area contributed by atoms with Crippen LogP contribution in [0.2, 0.25) is 0 Å². The Morgan fingerprint density at radius 2 is 1.83 bits per heavy atom. The van der Waals surface area contributed by atoms with Crippen molar-refractivity contribution < 1.29 is 19.1 Å². The fourth-order valence-corrected chi connectivity index (χ4v) is 2.18. The quantitative estimate of drug-likeness (QED) is 0.854. The van der Waals surface area contributed by atoms with Crippen LogP contribution in [0, 0.1) is 13.8 Å². The first-order valence-electron chi connectivity index (χ1n) is 7.64. The van der Waals surface area contributed by atoms with Gasteiger partial charge in [-0.25, -0.2) is 4.79 Å². The number of anilines is 1. The first-order chi connectivity index (χ1) is 11.4. The van der Waals surface area contributed by atoms with Gasteiger partial charge in [-0.15, -0.1) is 0 Å². The molecule has 0 saturated heterocycles. The molecule has 0 aliphatic carbocycles.